The second-order valence-corrected chi connectivity index (χ2v) is 9.76. The number of furan rings is 1. The lowest BCUT2D eigenvalue weighted by Gasteiger charge is -2.14. The van der Waals surface area contributed by atoms with Gasteiger partial charge in [-0.3, -0.25) is 4.79 Å². The van der Waals surface area contributed by atoms with Crippen LogP contribution < -0.4 is 10.1 Å². The summed E-state index contributed by atoms with van der Waals surface area (Å²) in [5, 5.41) is 6.92. The van der Waals surface area contributed by atoms with Gasteiger partial charge in [-0.1, -0.05) is 12.1 Å². The topological polar surface area (TPSA) is 101 Å². The van der Waals surface area contributed by atoms with E-state index in [1.54, 1.807) is 19.1 Å². The number of nitrogens with one attached hydrogen (secondary N) is 2. The van der Waals surface area contributed by atoms with Crippen molar-refractivity contribution in [1.82, 2.24) is 4.83 Å². The van der Waals surface area contributed by atoms with Crippen molar-refractivity contribution in [2.75, 3.05) is 5.32 Å². The van der Waals surface area contributed by atoms with Gasteiger partial charge in [-0.25, -0.2) is 4.39 Å². The second-order valence-electron chi connectivity index (χ2n) is 7.25. The van der Waals surface area contributed by atoms with Gasteiger partial charge in [-0.05, 0) is 72.1 Å². The highest BCUT2D eigenvalue weighted by molar-refractivity contribution is 9.10. The van der Waals surface area contributed by atoms with E-state index in [1.165, 1.54) is 0 Å². The van der Waals surface area contributed by atoms with Crippen molar-refractivity contribution in [3.05, 3.63) is 81.5 Å². The maximum absolute atomic E-state index is 13.1. The van der Waals surface area contributed by atoms with E-state index in [1.807, 2.05) is 12.1 Å². The van der Waals surface area contributed by atoms with Gasteiger partial charge in [0, 0.05) is 22.0 Å². The van der Waals surface area contributed by atoms with Gasteiger partial charge in [0.1, 0.15) is 11.6 Å². The van der Waals surface area contributed by atoms with Crippen molar-refractivity contribution in [2.45, 2.75) is 31.1 Å². The van der Waals surface area contributed by atoms with E-state index in [4.69, 9.17) is 4.42 Å². The van der Waals surface area contributed by atoms with Crippen molar-refractivity contribution < 1.29 is 22.0 Å². The summed E-state index contributed by atoms with van der Waals surface area (Å²) >= 11 is 3.39. The van der Waals surface area contributed by atoms with Crippen molar-refractivity contribution in [2.24, 2.45) is 5.10 Å². The molecule has 0 fully saturated rings. The van der Waals surface area contributed by atoms with E-state index < -0.39 is 21.7 Å². The maximum atomic E-state index is 13.1. The molecule has 1 aliphatic rings. The van der Waals surface area contributed by atoms with Crippen molar-refractivity contribution >= 4 is 43.3 Å². The molecule has 7 nitrogen and oxygen atoms in total. The fourth-order valence-electron chi connectivity index (χ4n) is 3.52. The number of carbonyl (C=O) groups is 1. The number of anilines is 1. The average molecular weight is 520 g/mol. The van der Waals surface area contributed by atoms with E-state index in [0.29, 0.717) is 47.5 Å². The molecule has 0 aliphatic heterocycles. The molecule has 1 aliphatic carbocycles. The second kappa shape index (κ2) is 8.87. The fraction of sp³-hybridized carbons (Fsp3) is 0.182. The molecule has 1 amide bonds. The third kappa shape index (κ3) is 4.46. The van der Waals surface area contributed by atoms with Crippen LogP contribution in [0.3, 0.4) is 0 Å². The van der Waals surface area contributed by atoms with Crippen LogP contribution in [0.5, 0.6) is 0 Å². The Hall–Kier alpha value is -2.98. The number of para-hydroxylation sites is 1. The summed E-state index contributed by atoms with van der Waals surface area (Å²) in [6.07, 6.45) is 1.83. The van der Waals surface area contributed by atoms with Crippen LogP contribution in [0.4, 0.5) is 10.1 Å². The van der Waals surface area contributed by atoms with Crippen LogP contribution in [0.25, 0.3) is 0 Å². The lowest BCUT2D eigenvalue weighted by Crippen LogP contribution is -2.22. The van der Waals surface area contributed by atoms with Gasteiger partial charge in [-0.15, -0.1) is 0 Å². The Morgan fingerprint density at radius 1 is 1.12 bits per heavy atom. The van der Waals surface area contributed by atoms with Gasteiger partial charge in [0.15, 0.2) is 5.76 Å². The first-order chi connectivity index (χ1) is 15.3. The molecule has 0 spiro atoms. The molecule has 0 unspecified atom stereocenters. The third-order valence-corrected chi connectivity index (χ3v) is 6.99. The molecule has 0 radical (unpaired) electrons. The smallest absolute Gasteiger partial charge is 0.291 e. The van der Waals surface area contributed by atoms with Gasteiger partial charge in [0.25, 0.3) is 15.9 Å². The number of hydrazone groups is 1. The molecular weight excluding hydrogens is 501 g/mol. The Balaban J connectivity index is 1.61. The Labute approximate surface area is 192 Å². The summed E-state index contributed by atoms with van der Waals surface area (Å²) in [6, 6.07) is 11.7. The summed E-state index contributed by atoms with van der Waals surface area (Å²) in [4.78, 5) is 14.9. The number of halogens is 2. The van der Waals surface area contributed by atoms with Gasteiger partial charge < -0.3 is 9.73 Å². The maximum Gasteiger partial charge on any atom is 0.291 e. The van der Waals surface area contributed by atoms with Crippen molar-refractivity contribution in [3.8, 4) is 0 Å². The molecule has 1 heterocycles. The minimum atomic E-state index is -3.97. The number of nitrogens with zero attached hydrogens (tertiary/aromatic N) is 1. The predicted molar refractivity (Wildman–Crippen MR) is 122 cm³/mol. The summed E-state index contributed by atoms with van der Waals surface area (Å²) in [6.45, 7) is 1.74. The van der Waals surface area contributed by atoms with Crippen LogP contribution in [0.15, 0.2) is 67.4 Å². The van der Waals surface area contributed by atoms with Crippen molar-refractivity contribution in [1.29, 1.82) is 0 Å². The van der Waals surface area contributed by atoms with Crippen LogP contribution >= 0.6 is 15.9 Å². The normalized spacial score (nSPS) is 14.8. The number of aryl methyl sites for hydroxylation is 1. The average Bonchev–Trinajstić information content (AvgIpc) is 3.11. The number of sulfonamides is 1. The number of amides is 1. The SMILES string of the molecule is Cc1c(C(=O)Nc2ccccc2Br)oc2c1/C(=N/NS(=O)(=O)c1ccc(F)cc1)CCC2. The number of carbonyl (C=O) groups excluding carboxylic acids is 1. The van der Waals surface area contributed by atoms with Crippen LogP contribution in [-0.2, 0) is 16.4 Å². The van der Waals surface area contributed by atoms with Crippen LogP contribution in [0.2, 0.25) is 0 Å². The highest BCUT2D eigenvalue weighted by Crippen LogP contribution is 2.31. The van der Waals surface area contributed by atoms with Crippen LogP contribution in [-0.4, -0.2) is 20.0 Å². The molecule has 10 heteroatoms. The number of rotatable bonds is 5. The molecule has 0 saturated heterocycles. The molecule has 0 saturated carbocycles. The molecule has 166 valence electrons. The van der Waals surface area contributed by atoms with Gasteiger partial charge in [-0.2, -0.15) is 18.4 Å². The molecule has 2 aromatic carbocycles. The van der Waals surface area contributed by atoms with Gasteiger partial charge >= 0.3 is 0 Å². The Morgan fingerprint density at radius 2 is 1.84 bits per heavy atom. The summed E-state index contributed by atoms with van der Waals surface area (Å²) in [5.74, 6) is -0.197. The van der Waals surface area contributed by atoms with E-state index in [2.05, 4.69) is 31.2 Å². The third-order valence-electron chi connectivity index (χ3n) is 5.08. The fourth-order valence-corrected chi connectivity index (χ4v) is 4.73. The van der Waals surface area contributed by atoms with E-state index in [0.717, 1.165) is 28.7 Å². The minimum absolute atomic E-state index is 0.100. The van der Waals surface area contributed by atoms with E-state index >= 15 is 0 Å². The first kappa shape index (κ1) is 22.2. The Kier molecular flexibility index (Phi) is 6.16. The number of hydrogen-bond donors (Lipinski definition) is 2. The molecule has 0 bridgehead atoms. The Bertz CT molecular complexity index is 1320. The Morgan fingerprint density at radius 3 is 2.56 bits per heavy atom. The molecule has 3 aromatic rings. The zero-order valence-electron chi connectivity index (χ0n) is 17.0. The number of fused-ring (bicyclic) bond motifs is 1. The van der Waals surface area contributed by atoms with Crippen molar-refractivity contribution in [3.63, 3.8) is 0 Å². The molecule has 32 heavy (non-hydrogen) atoms. The lowest BCUT2D eigenvalue weighted by atomic mass is 9.93. The lowest BCUT2D eigenvalue weighted by molar-refractivity contribution is 0.0994. The summed E-state index contributed by atoms with van der Waals surface area (Å²) in [5.41, 5.74) is 2.31. The predicted octanol–water partition coefficient (Wildman–Crippen LogP) is 4.76. The number of benzene rings is 2. The van der Waals surface area contributed by atoms with Crippen LogP contribution in [0.1, 0.15) is 40.3 Å². The summed E-state index contributed by atoms with van der Waals surface area (Å²) in [7, 11) is -3.97. The molecule has 1 aromatic heterocycles. The standard InChI is InChI=1S/C22H19BrFN3O4S/c1-13-20-18(26-27-32(29,30)15-11-9-14(24)10-12-15)7-4-8-19(20)31-21(13)22(28)25-17-6-3-2-5-16(17)23/h2-3,5-6,9-12,27H,4,7-8H2,1H3,(H,25,28)/b26-18+. The van der Waals surface area contributed by atoms with E-state index in [9.17, 15) is 17.6 Å². The highest BCUT2D eigenvalue weighted by atomic mass is 79.9. The van der Waals surface area contributed by atoms with Gasteiger partial charge in [0.05, 0.1) is 16.3 Å². The monoisotopic (exact) mass is 519 g/mol. The first-order valence-electron chi connectivity index (χ1n) is 9.78. The molecule has 2 N–H and O–H groups in total. The summed E-state index contributed by atoms with van der Waals surface area (Å²) < 4.78 is 44.7. The van der Waals surface area contributed by atoms with E-state index in [-0.39, 0.29) is 10.7 Å². The first-order valence-corrected chi connectivity index (χ1v) is 12.1. The minimum Gasteiger partial charge on any atom is -0.455 e. The van der Waals surface area contributed by atoms with Crippen LogP contribution in [0, 0.1) is 12.7 Å². The largest absolute Gasteiger partial charge is 0.455 e. The zero-order chi connectivity index (χ0) is 22.9. The highest BCUT2D eigenvalue weighted by Gasteiger charge is 2.28. The molecule has 4 rings (SSSR count). The van der Waals surface area contributed by atoms with Gasteiger partial charge in [0.2, 0.25) is 0 Å². The zero-order valence-corrected chi connectivity index (χ0v) is 19.4. The molecule has 0 atom stereocenters. The number of hydrogen-bond acceptors (Lipinski definition) is 5. The quantitative estimate of drug-likeness (QED) is 0.474. The molecular formula is C22H19BrFN3O4S.